The lowest BCUT2D eigenvalue weighted by Crippen LogP contribution is -2.09. The summed E-state index contributed by atoms with van der Waals surface area (Å²) in [6.45, 7) is 5.40. The van der Waals surface area contributed by atoms with E-state index in [0.29, 0.717) is 30.2 Å². The highest BCUT2D eigenvalue weighted by molar-refractivity contribution is 7.98. The zero-order valence-electron chi connectivity index (χ0n) is 26.8. The van der Waals surface area contributed by atoms with E-state index in [1.165, 1.54) is 5.69 Å². The highest BCUT2D eigenvalue weighted by Crippen LogP contribution is 2.43. The molecule has 6 aromatic rings. The summed E-state index contributed by atoms with van der Waals surface area (Å²) in [6.07, 6.45) is 1.19. The predicted octanol–water partition coefficient (Wildman–Crippen LogP) is 8.66. The Bertz CT molecular complexity index is 2170. The molecule has 1 aliphatic rings. The Morgan fingerprint density at radius 1 is 1.02 bits per heavy atom. The Kier molecular flexibility index (Phi) is 8.76. The zero-order valence-corrected chi connectivity index (χ0v) is 29.2. The van der Waals surface area contributed by atoms with Gasteiger partial charge in [0.2, 0.25) is 0 Å². The normalized spacial score (nSPS) is 14.2. The molecule has 3 aromatic heterocycles. The second-order valence-corrected chi connectivity index (χ2v) is 14.3. The van der Waals surface area contributed by atoms with Gasteiger partial charge in [0.25, 0.3) is 0 Å². The van der Waals surface area contributed by atoms with Gasteiger partial charge in [-0.2, -0.15) is 10.2 Å². The molecule has 47 heavy (non-hydrogen) atoms. The van der Waals surface area contributed by atoms with Crippen LogP contribution in [0.2, 0.25) is 5.02 Å². The molecule has 0 unspecified atom stereocenters. The standard InChI is InChI=1S/C36H36ClN5O3S2/c1-5-42-24-16-23(38-42)18-47-25-15-22-9-6-7-10-26(22)31(17-25)45-14-8-11-27-28-12-13-29(37)33(34(28)40(3)35(27)36(43)44)32-21(2)41(4)39-30(32)20-46-19-24/h6-7,9-10,12-13,15-17H,5,8,11,14,18-20H2,1-4H3,(H,43,44). The van der Waals surface area contributed by atoms with Crippen molar-refractivity contribution in [2.45, 2.75) is 55.4 Å². The fourth-order valence-electron chi connectivity index (χ4n) is 6.73. The van der Waals surface area contributed by atoms with Gasteiger partial charge in [-0.1, -0.05) is 41.9 Å². The molecule has 1 N–H and O–H groups in total. The van der Waals surface area contributed by atoms with Crippen LogP contribution in [0.25, 0.3) is 32.8 Å². The molecule has 0 radical (unpaired) electrons. The molecule has 0 amide bonds. The zero-order chi connectivity index (χ0) is 32.8. The number of aromatic nitrogens is 5. The van der Waals surface area contributed by atoms with Gasteiger partial charge in [0.15, 0.2) is 0 Å². The lowest BCUT2D eigenvalue weighted by atomic mass is 9.98. The van der Waals surface area contributed by atoms with Gasteiger partial charge in [-0.25, -0.2) is 4.79 Å². The Balaban J connectivity index is 1.36. The molecule has 8 nitrogen and oxygen atoms in total. The second kappa shape index (κ2) is 13.0. The summed E-state index contributed by atoms with van der Waals surface area (Å²) in [5, 5.41) is 23.9. The molecule has 3 aromatic carbocycles. The number of carboxylic acid groups (broad SMARTS) is 1. The second-order valence-electron chi connectivity index (χ2n) is 11.9. The van der Waals surface area contributed by atoms with Crippen LogP contribution in [-0.2, 0) is 44.3 Å². The SMILES string of the molecule is CCn1nc2cc1CSCc1nn(C)c(C)c1-c1c(Cl)ccc3c(c(C(=O)O)n(C)c13)CCCOc1cc(cc3ccccc13)SC2. The van der Waals surface area contributed by atoms with Crippen LogP contribution in [0.3, 0.4) is 0 Å². The Morgan fingerprint density at radius 3 is 2.66 bits per heavy atom. The first-order chi connectivity index (χ1) is 22.7. The van der Waals surface area contributed by atoms with Crippen molar-refractivity contribution >= 4 is 62.8 Å². The third-order valence-corrected chi connectivity index (χ3v) is 11.3. The summed E-state index contributed by atoms with van der Waals surface area (Å²) in [5.41, 5.74) is 7.79. The number of carbonyl (C=O) groups is 1. The molecule has 8 bridgehead atoms. The van der Waals surface area contributed by atoms with E-state index < -0.39 is 5.97 Å². The fraction of sp³-hybridized carbons (Fsp3) is 0.306. The van der Waals surface area contributed by atoms with E-state index >= 15 is 0 Å². The van der Waals surface area contributed by atoms with Gasteiger partial charge in [0, 0.05) is 76.1 Å². The Hall–Kier alpha value is -3.86. The van der Waals surface area contributed by atoms with Gasteiger partial charge in [0.05, 0.1) is 28.5 Å². The first-order valence-electron chi connectivity index (χ1n) is 15.7. The first kappa shape index (κ1) is 31.7. The average molecular weight is 686 g/mol. The number of hydrogen-bond acceptors (Lipinski definition) is 6. The van der Waals surface area contributed by atoms with Crippen LogP contribution in [0.15, 0.2) is 59.5 Å². The van der Waals surface area contributed by atoms with Crippen molar-refractivity contribution in [1.82, 2.24) is 24.1 Å². The van der Waals surface area contributed by atoms with E-state index in [-0.39, 0.29) is 5.69 Å². The third-order valence-electron chi connectivity index (χ3n) is 8.98. The van der Waals surface area contributed by atoms with Crippen LogP contribution in [0.4, 0.5) is 0 Å². The van der Waals surface area contributed by atoms with Crippen molar-refractivity contribution in [3.8, 4) is 16.9 Å². The van der Waals surface area contributed by atoms with Crippen LogP contribution < -0.4 is 4.74 Å². The molecule has 0 aliphatic carbocycles. The molecule has 4 heterocycles. The number of rotatable bonds is 2. The number of halogens is 1. The number of aryl methyl sites for hydroxylation is 4. The summed E-state index contributed by atoms with van der Waals surface area (Å²) < 4.78 is 12.2. The number of ether oxygens (including phenoxy) is 1. The van der Waals surface area contributed by atoms with Crippen molar-refractivity contribution in [1.29, 1.82) is 0 Å². The van der Waals surface area contributed by atoms with Gasteiger partial charge in [-0.05, 0) is 61.9 Å². The predicted molar refractivity (Wildman–Crippen MR) is 192 cm³/mol. The van der Waals surface area contributed by atoms with Gasteiger partial charge in [0.1, 0.15) is 11.4 Å². The molecule has 0 atom stereocenters. The minimum Gasteiger partial charge on any atom is -0.493 e. The minimum absolute atomic E-state index is 0.274. The maximum absolute atomic E-state index is 12.8. The Labute approximate surface area is 287 Å². The van der Waals surface area contributed by atoms with E-state index in [1.807, 2.05) is 50.0 Å². The van der Waals surface area contributed by atoms with Gasteiger partial charge in [-0.3, -0.25) is 9.36 Å². The van der Waals surface area contributed by atoms with E-state index in [1.54, 1.807) is 28.1 Å². The number of benzene rings is 3. The summed E-state index contributed by atoms with van der Waals surface area (Å²) in [4.78, 5) is 13.9. The molecule has 242 valence electrons. The highest BCUT2D eigenvalue weighted by Gasteiger charge is 2.27. The summed E-state index contributed by atoms with van der Waals surface area (Å²) in [5.74, 6) is 2.07. The van der Waals surface area contributed by atoms with Crippen molar-refractivity contribution in [2.75, 3.05) is 6.61 Å². The number of carboxylic acids is 1. The molecule has 7 rings (SSSR count). The van der Waals surface area contributed by atoms with Crippen molar-refractivity contribution in [3.05, 3.63) is 93.7 Å². The molecule has 0 fully saturated rings. The van der Waals surface area contributed by atoms with E-state index in [9.17, 15) is 9.90 Å². The van der Waals surface area contributed by atoms with Crippen molar-refractivity contribution in [2.24, 2.45) is 14.1 Å². The molecule has 0 spiro atoms. The Morgan fingerprint density at radius 2 is 1.85 bits per heavy atom. The lowest BCUT2D eigenvalue weighted by molar-refractivity contribution is 0.0685. The van der Waals surface area contributed by atoms with Gasteiger partial charge >= 0.3 is 5.97 Å². The molecular formula is C36H36ClN5O3S2. The van der Waals surface area contributed by atoms with Gasteiger partial charge < -0.3 is 14.4 Å². The molecule has 0 saturated heterocycles. The summed E-state index contributed by atoms with van der Waals surface area (Å²) in [7, 11) is 3.77. The number of fused-ring (bicyclic) bond motifs is 8. The first-order valence-corrected chi connectivity index (χ1v) is 18.2. The monoisotopic (exact) mass is 685 g/mol. The largest absolute Gasteiger partial charge is 0.493 e. The number of thioether (sulfide) groups is 2. The molecule has 11 heteroatoms. The van der Waals surface area contributed by atoms with E-state index in [2.05, 4.69) is 41.9 Å². The van der Waals surface area contributed by atoms with Crippen LogP contribution in [0, 0.1) is 6.92 Å². The van der Waals surface area contributed by atoms with Crippen LogP contribution in [0.5, 0.6) is 5.75 Å². The van der Waals surface area contributed by atoms with E-state index in [0.717, 1.165) is 84.1 Å². The summed E-state index contributed by atoms with van der Waals surface area (Å²) in [6, 6.07) is 18.7. The lowest BCUT2D eigenvalue weighted by Gasteiger charge is -2.12. The summed E-state index contributed by atoms with van der Waals surface area (Å²) >= 11 is 10.6. The molecule has 1 aliphatic heterocycles. The fourth-order valence-corrected chi connectivity index (χ4v) is 8.78. The van der Waals surface area contributed by atoms with Crippen LogP contribution in [-0.4, -0.2) is 41.8 Å². The maximum Gasteiger partial charge on any atom is 0.352 e. The van der Waals surface area contributed by atoms with Crippen LogP contribution >= 0.6 is 35.1 Å². The smallest absolute Gasteiger partial charge is 0.352 e. The van der Waals surface area contributed by atoms with E-state index in [4.69, 9.17) is 26.5 Å². The number of aromatic carboxylic acids is 1. The quantitative estimate of drug-likeness (QED) is 0.195. The number of hydrogen-bond donors (Lipinski definition) is 1. The topological polar surface area (TPSA) is 87.1 Å². The molecular weight excluding hydrogens is 650 g/mol. The highest BCUT2D eigenvalue weighted by atomic mass is 35.5. The van der Waals surface area contributed by atoms with Crippen LogP contribution in [0.1, 0.15) is 52.2 Å². The molecule has 0 saturated carbocycles. The minimum atomic E-state index is -0.961. The number of nitrogens with zero attached hydrogens (tertiary/aromatic N) is 5. The maximum atomic E-state index is 12.8. The van der Waals surface area contributed by atoms with Crippen molar-refractivity contribution < 1.29 is 14.6 Å². The average Bonchev–Trinajstić information content (AvgIpc) is 3.68. The van der Waals surface area contributed by atoms with Crippen molar-refractivity contribution in [3.63, 3.8) is 0 Å². The third kappa shape index (κ3) is 5.81. The van der Waals surface area contributed by atoms with Gasteiger partial charge in [-0.15, -0.1) is 23.5 Å².